The van der Waals surface area contributed by atoms with Gasteiger partial charge in [-0.15, -0.1) is 0 Å². The number of alkyl halides is 1. The van der Waals surface area contributed by atoms with Gasteiger partial charge in [0.2, 0.25) is 0 Å². The minimum absolute atomic E-state index is 0.116. The van der Waals surface area contributed by atoms with E-state index in [0.717, 1.165) is 4.57 Å². The zero-order chi connectivity index (χ0) is 11.9. The van der Waals surface area contributed by atoms with Crippen molar-refractivity contribution in [3.63, 3.8) is 0 Å². The van der Waals surface area contributed by atoms with Gasteiger partial charge >= 0.3 is 5.69 Å². The Morgan fingerprint density at radius 2 is 2.38 bits per heavy atom. The highest BCUT2D eigenvalue weighted by atomic mass is 19.1. The number of rotatable bonds is 3. The Balaban J connectivity index is 2.27. The fraction of sp³-hybridized carbons (Fsp3) is 0.600. The van der Waals surface area contributed by atoms with Gasteiger partial charge in [0.1, 0.15) is 5.67 Å². The van der Waals surface area contributed by atoms with E-state index in [1.165, 1.54) is 6.20 Å². The maximum absolute atomic E-state index is 13.9. The first kappa shape index (κ1) is 11.1. The van der Waals surface area contributed by atoms with Crippen LogP contribution in [0.4, 0.5) is 4.39 Å². The van der Waals surface area contributed by atoms with Crippen molar-refractivity contribution in [2.45, 2.75) is 25.6 Å². The number of hydrogen-bond donors (Lipinski definition) is 2. The van der Waals surface area contributed by atoms with Crippen molar-refractivity contribution in [3.05, 3.63) is 32.6 Å². The molecule has 1 heterocycles. The normalized spacial score (nSPS) is 28.1. The summed E-state index contributed by atoms with van der Waals surface area (Å²) in [5, 5.41) is 8.80. The molecular weight excluding hydrogens is 215 g/mol. The minimum atomic E-state index is -1.51. The standard InChI is InChI=1S/C10H13FN2O3/c1-6-3-13(9(16)12-8(6)15)5-10(11)2-7(10)4-14/h3,7,14H,2,4-5H2,1H3,(H,12,15,16)/t7-,10+/m1/s1. The highest BCUT2D eigenvalue weighted by Gasteiger charge is 2.55. The number of aromatic nitrogens is 2. The van der Waals surface area contributed by atoms with Gasteiger partial charge in [-0.2, -0.15) is 0 Å². The summed E-state index contributed by atoms with van der Waals surface area (Å²) in [4.78, 5) is 24.6. The van der Waals surface area contributed by atoms with Gasteiger partial charge in [0.15, 0.2) is 0 Å². The van der Waals surface area contributed by atoms with Gasteiger partial charge in [0.25, 0.3) is 5.56 Å². The molecule has 1 aromatic heterocycles. The first-order valence-corrected chi connectivity index (χ1v) is 5.06. The zero-order valence-electron chi connectivity index (χ0n) is 8.86. The molecule has 1 aliphatic carbocycles. The molecule has 16 heavy (non-hydrogen) atoms. The second kappa shape index (κ2) is 3.55. The lowest BCUT2D eigenvalue weighted by molar-refractivity contribution is 0.191. The quantitative estimate of drug-likeness (QED) is 0.736. The van der Waals surface area contributed by atoms with Crippen molar-refractivity contribution in [2.24, 2.45) is 5.92 Å². The number of halogens is 1. The van der Waals surface area contributed by atoms with Crippen molar-refractivity contribution >= 4 is 0 Å². The van der Waals surface area contributed by atoms with E-state index < -0.39 is 22.8 Å². The number of aliphatic hydroxyl groups excluding tert-OH is 1. The first-order chi connectivity index (χ1) is 7.46. The van der Waals surface area contributed by atoms with Crippen LogP contribution in [0, 0.1) is 12.8 Å². The third kappa shape index (κ3) is 1.80. The Morgan fingerprint density at radius 3 is 2.94 bits per heavy atom. The average molecular weight is 228 g/mol. The summed E-state index contributed by atoms with van der Waals surface area (Å²) in [6, 6.07) is 0. The van der Waals surface area contributed by atoms with E-state index >= 15 is 0 Å². The van der Waals surface area contributed by atoms with Gasteiger partial charge in [-0.05, 0) is 13.3 Å². The van der Waals surface area contributed by atoms with Crippen LogP contribution in [0.25, 0.3) is 0 Å². The number of nitrogens with zero attached hydrogens (tertiary/aromatic N) is 1. The minimum Gasteiger partial charge on any atom is -0.396 e. The zero-order valence-corrected chi connectivity index (χ0v) is 8.86. The number of H-pyrrole nitrogens is 1. The fourth-order valence-corrected chi connectivity index (χ4v) is 1.79. The predicted octanol–water partition coefficient (Wildman–Crippen LogP) is -0.434. The maximum Gasteiger partial charge on any atom is 0.328 e. The van der Waals surface area contributed by atoms with Gasteiger partial charge in [0.05, 0.1) is 6.54 Å². The molecule has 0 spiro atoms. The SMILES string of the molecule is Cc1cn(C[C@@]2(F)C[C@@H]2CO)c(=O)[nH]c1=O. The van der Waals surface area contributed by atoms with E-state index in [-0.39, 0.29) is 19.6 Å². The Kier molecular flexibility index (Phi) is 2.46. The molecule has 0 aliphatic heterocycles. The van der Waals surface area contributed by atoms with E-state index in [2.05, 4.69) is 4.98 Å². The number of aryl methyl sites for hydroxylation is 1. The van der Waals surface area contributed by atoms with Crippen LogP contribution in [-0.2, 0) is 6.54 Å². The van der Waals surface area contributed by atoms with Crippen molar-refractivity contribution in [1.82, 2.24) is 9.55 Å². The fourth-order valence-electron chi connectivity index (χ4n) is 1.79. The number of aromatic amines is 1. The van der Waals surface area contributed by atoms with E-state index in [0.29, 0.717) is 5.56 Å². The van der Waals surface area contributed by atoms with E-state index in [1.54, 1.807) is 6.92 Å². The average Bonchev–Trinajstić information content (AvgIpc) is 2.86. The number of hydrogen-bond acceptors (Lipinski definition) is 3. The molecule has 2 atom stereocenters. The van der Waals surface area contributed by atoms with Crippen molar-refractivity contribution in [1.29, 1.82) is 0 Å². The summed E-state index contributed by atoms with van der Waals surface area (Å²) < 4.78 is 15.0. The van der Waals surface area contributed by atoms with Gasteiger partial charge in [-0.3, -0.25) is 14.3 Å². The maximum atomic E-state index is 13.9. The Labute approximate surface area is 90.5 Å². The first-order valence-electron chi connectivity index (χ1n) is 5.06. The van der Waals surface area contributed by atoms with Crippen LogP contribution < -0.4 is 11.2 Å². The van der Waals surface area contributed by atoms with Crippen LogP contribution in [0.15, 0.2) is 15.8 Å². The molecule has 5 nitrogen and oxygen atoms in total. The van der Waals surface area contributed by atoms with Crippen LogP contribution in [0.1, 0.15) is 12.0 Å². The smallest absolute Gasteiger partial charge is 0.328 e. The molecule has 1 saturated carbocycles. The summed E-state index contributed by atoms with van der Waals surface area (Å²) in [5.74, 6) is -0.397. The summed E-state index contributed by atoms with van der Waals surface area (Å²) in [6.45, 7) is 1.22. The largest absolute Gasteiger partial charge is 0.396 e. The lowest BCUT2D eigenvalue weighted by Gasteiger charge is -2.09. The highest BCUT2D eigenvalue weighted by Crippen LogP contribution is 2.47. The summed E-state index contributed by atoms with van der Waals surface area (Å²) >= 11 is 0. The van der Waals surface area contributed by atoms with Crippen LogP contribution >= 0.6 is 0 Å². The third-order valence-corrected chi connectivity index (χ3v) is 3.00. The molecule has 1 aromatic rings. The molecule has 0 radical (unpaired) electrons. The molecule has 2 rings (SSSR count). The second-order valence-electron chi connectivity index (χ2n) is 4.32. The van der Waals surface area contributed by atoms with E-state index in [9.17, 15) is 14.0 Å². The number of aliphatic hydroxyl groups is 1. The molecule has 2 N–H and O–H groups in total. The molecule has 0 amide bonds. The van der Waals surface area contributed by atoms with Crippen LogP contribution in [-0.4, -0.2) is 26.9 Å². The van der Waals surface area contributed by atoms with Gasteiger partial charge in [-0.1, -0.05) is 0 Å². The van der Waals surface area contributed by atoms with Crippen LogP contribution in [0.3, 0.4) is 0 Å². The Morgan fingerprint density at radius 1 is 1.69 bits per heavy atom. The van der Waals surface area contributed by atoms with Crippen molar-refractivity contribution in [2.75, 3.05) is 6.61 Å². The molecule has 1 aliphatic rings. The molecule has 0 unspecified atom stereocenters. The Bertz CT molecular complexity index is 522. The Hall–Kier alpha value is -1.43. The second-order valence-corrected chi connectivity index (χ2v) is 4.32. The van der Waals surface area contributed by atoms with Gasteiger partial charge in [0, 0.05) is 24.3 Å². The van der Waals surface area contributed by atoms with Gasteiger partial charge < -0.3 is 5.11 Å². The molecule has 6 heteroatoms. The monoisotopic (exact) mass is 228 g/mol. The predicted molar refractivity (Wildman–Crippen MR) is 55.1 cm³/mol. The number of nitrogens with one attached hydrogen (secondary N) is 1. The molecular formula is C10H13FN2O3. The molecule has 88 valence electrons. The highest BCUT2D eigenvalue weighted by molar-refractivity contribution is 5.06. The topological polar surface area (TPSA) is 75.1 Å². The van der Waals surface area contributed by atoms with E-state index in [4.69, 9.17) is 5.11 Å². The third-order valence-electron chi connectivity index (χ3n) is 3.00. The van der Waals surface area contributed by atoms with Crippen LogP contribution in [0.5, 0.6) is 0 Å². The van der Waals surface area contributed by atoms with Crippen molar-refractivity contribution in [3.8, 4) is 0 Å². The summed E-state index contributed by atoms with van der Waals surface area (Å²) in [7, 11) is 0. The summed E-state index contributed by atoms with van der Waals surface area (Å²) in [6.07, 6.45) is 1.60. The van der Waals surface area contributed by atoms with Crippen molar-refractivity contribution < 1.29 is 9.50 Å². The summed E-state index contributed by atoms with van der Waals surface area (Å²) in [5.41, 5.74) is -2.22. The van der Waals surface area contributed by atoms with Gasteiger partial charge in [-0.25, -0.2) is 9.18 Å². The molecule has 0 bridgehead atoms. The molecule has 1 fully saturated rings. The molecule has 0 aromatic carbocycles. The lowest BCUT2D eigenvalue weighted by atomic mass is 10.3. The van der Waals surface area contributed by atoms with E-state index in [1.807, 2.05) is 0 Å². The van der Waals surface area contributed by atoms with Crippen LogP contribution in [0.2, 0.25) is 0 Å². The lowest BCUT2D eigenvalue weighted by Crippen LogP contribution is -2.34. The molecule has 0 saturated heterocycles.